The molecule has 0 spiro atoms. The van der Waals surface area contributed by atoms with Gasteiger partial charge < -0.3 is 5.73 Å². The molecular weight excluding hydrogens is 110 g/mol. The van der Waals surface area contributed by atoms with Crippen molar-refractivity contribution in [1.82, 2.24) is 0 Å². The van der Waals surface area contributed by atoms with E-state index < -0.39 is 0 Å². The summed E-state index contributed by atoms with van der Waals surface area (Å²) in [5.41, 5.74) is 5.50. The summed E-state index contributed by atoms with van der Waals surface area (Å²) in [5, 5.41) is 0. The lowest BCUT2D eigenvalue weighted by Crippen LogP contribution is -2.19. The van der Waals surface area contributed by atoms with E-state index in [1.807, 2.05) is 0 Å². The summed E-state index contributed by atoms with van der Waals surface area (Å²) in [6.07, 6.45) is 5.76. The van der Waals surface area contributed by atoms with Gasteiger partial charge in [0.15, 0.2) is 0 Å². The summed E-state index contributed by atoms with van der Waals surface area (Å²) in [6, 6.07) is 0. The SMILES string of the molecule is C[C@H](CN)CC1CCC1. The summed E-state index contributed by atoms with van der Waals surface area (Å²) in [5.74, 6) is 1.79. The summed E-state index contributed by atoms with van der Waals surface area (Å²) in [6.45, 7) is 3.12. The monoisotopic (exact) mass is 127 g/mol. The highest BCUT2D eigenvalue weighted by Crippen LogP contribution is 2.31. The molecule has 54 valence electrons. The maximum absolute atomic E-state index is 5.50. The molecular formula is C8H17N. The first-order chi connectivity index (χ1) is 4.33. The minimum absolute atomic E-state index is 0.760. The molecule has 0 heterocycles. The van der Waals surface area contributed by atoms with Gasteiger partial charge in [0.05, 0.1) is 0 Å². The summed E-state index contributed by atoms with van der Waals surface area (Å²) in [4.78, 5) is 0. The highest BCUT2D eigenvalue weighted by Gasteiger charge is 2.18. The lowest BCUT2D eigenvalue weighted by molar-refractivity contribution is 0.259. The molecule has 1 atom stereocenters. The second-order valence-electron chi connectivity index (χ2n) is 3.37. The van der Waals surface area contributed by atoms with Gasteiger partial charge in [-0.3, -0.25) is 0 Å². The molecule has 0 unspecified atom stereocenters. The average molecular weight is 127 g/mol. The minimum Gasteiger partial charge on any atom is -0.330 e. The Morgan fingerprint density at radius 2 is 2.22 bits per heavy atom. The van der Waals surface area contributed by atoms with Crippen molar-refractivity contribution in [2.75, 3.05) is 6.54 Å². The molecule has 0 aromatic heterocycles. The first kappa shape index (κ1) is 7.07. The van der Waals surface area contributed by atoms with Gasteiger partial charge in [0, 0.05) is 0 Å². The first-order valence-corrected chi connectivity index (χ1v) is 4.03. The smallest absolute Gasteiger partial charge is 0.00514 e. The van der Waals surface area contributed by atoms with Gasteiger partial charge in [0.1, 0.15) is 0 Å². The lowest BCUT2D eigenvalue weighted by Gasteiger charge is -2.27. The number of nitrogens with two attached hydrogens (primary N) is 1. The maximum atomic E-state index is 5.50. The molecule has 0 radical (unpaired) electrons. The lowest BCUT2D eigenvalue weighted by atomic mass is 9.79. The third-order valence-electron chi connectivity index (χ3n) is 2.36. The molecule has 1 nitrogen and oxygen atoms in total. The van der Waals surface area contributed by atoms with Crippen molar-refractivity contribution in [2.24, 2.45) is 17.6 Å². The van der Waals surface area contributed by atoms with Crippen molar-refractivity contribution < 1.29 is 0 Å². The quantitative estimate of drug-likeness (QED) is 0.614. The van der Waals surface area contributed by atoms with Crippen molar-refractivity contribution in [3.05, 3.63) is 0 Å². The molecule has 1 saturated carbocycles. The first-order valence-electron chi connectivity index (χ1n) is 4.03. The van der Waals surface area contributed by atoms with Crippen molar-refractivity contribution in [1.29, 1.82) is 0 Å². The van der Waals surface area contributed by atoms with E-state index in [4.69, 9.17) is 5.73 Å². The molecule has 1 fully saturated rings. The van der Waals surface area contributed by atoms with Crippen LogP contribution in [0.4, 0.5) is 0 Å². The van der Waals surface area contributed by atoms with Crippen LogP contribution in [0.3, 0.4) is 0 Å². The van der Waals surface area contributed by atoms with Crippen LogP contribution in [0.1, 0.15) is 32.6 Å². The Kier molecular flexibility index (Phi) is 2.52. The second kappa shape index (κ2) is 3.21. The molecule has 0 saturated heterocycles. The third kappa shape index (κ3) is 1.98. The van der Waals surface area contributed by atoms with Gasteiger partial charge in [0.2, 0.25) is 0 Å². The van der Waals surface area contributed by atoms with Gasteiger partial charge in [-0.1, -0.05) is 26.2 Å². The summed E-state index contributed by atoms with van der Waals surface area (Å²) < 4.78 is 0. The number of hydrogen-bond acceptors (Lipinski definition) is 1. The van der Waals surface area contributed by atoms with Crippen molar-refractivity contribution in [3.63, 3.8) is 0 Å². The fourth-order valence-electron chi connectivity index (χ4n) is 1.39. The van der Waals surface area contributed by atoms with Gasteiger partial charge in [-0.05, 0) is 24.8 Å². The van der Waals surface area contributed by atoms with Crippen LogP contribution < -0.4 is 5.73 Å². The fourth-order valence-corrected chi connectivity index (χ4v) is 1.39. The number of hydrogen-bond donors (Lipinski definition) is 1. The predicted molar refractivity (Wildman–Crippen MR) is 40.2 cm³/mol. The van der Waals surface area contributed by atoms with E-state index in [0.29, 0.717) is 0 Å². The van der Waals surface area contributed by atoms with Crippen LogP contribution >= 0.6 is 0 Å². The van der Waals surface area contributed by atoms with Crippen LogP contribution in [-0.2, 0) is 0 Å². The van der Waals surface area contributed by atoms with Gasteiger partial charge >= 0.3 is 0 Å². The van der Waals surface area contributed by atoms with Crippen LogP contribution in [0.5, 0.6) is 0 Å². The van der Waals surface area contributed by atoms with E-state index in [1.165, 1.54) is 25.7 Å². The van der Waals surface area contributed by atoms with Crippen molar-refractivity contribution in [3.8, 4) is 0 Å². The molecule has 9 heavy (non-hydrogen) atoms. The molecule has 0 aliphatic heterocycles. The molecule has 0 aromatic carbocycles. The van der Waals surface area contributed by atoms with Crippen LogP contribution in [0, 0.1) is 11.8 Å². The third-order valence-corrected chi connectivity index (χ3v) is 2.36. The van der Waals surface area contributed by atoms with Crippen LogP contribution in [0.2, 0.25) is 0 Å². The molecule has 1 aliphatic rings. The minimum atomic E-state index is 0.760. The van der Waals surface area contributed by atoms with Crippen LogP contribution in [0.25, 0.3) is 0 Å². The van der Waals surface area contributed by atoms with E-state index in [0.717, 1.165) is 18.4 Å². The van der Waals surface area contributed by atoms with Gasteiger partial charge in [-0.25, -0.2) is 0 Å². The fraction of sp³-hybridized carbons (Fsp3) is 1.00. The molecule has 0 aromatic rings. The van der Waals surface area contributed by atoms with E-state index in [1.54, 1.807) is 0 Å². The van der Waals surface area contributed by atoms with Crippen molar-refractivity contribution in [2.45, 2.75) is 32.6 Å². The van der Waals surface area contributed by atoms with Crippen molar-refractivity contribution >= 4 is 0 Å². The average Bonchev–Trinajstić information content (AvgIpc) is 1.78. The van der Waals surface area contributed by atoms with E-state index in [2.05, 4.69) is 6.92 Å². The maximum Gasteiger partial charge on any atom is -0.00514 e. The standard InChI is InChI=1S/C8H17N/c1-7(6-9)5-8-3-2-4-8/h7-8H,2-6,9H2,1H3/t7-/m0/s1. The zero-order valence-corrected chi connectivity index (χ0v) is 6.27. The number of rotatable bonds is 3. The predicted octanol–water partition coefficient (Wildman–Crippen LogP) is 1.77. The second-order valence-corrected chi connectivity index (χ2v) is 3.37. The molecule has 1 heteroatoms. The Morgan fingerprint density at radius 3 is 2.56 bits per heavy atom. The van der Waals surface area contributed by atoms with E-state index >= 15 is 0 Å². The van der Waals surface area contributed by atoms with Gasteiger partial charge in [-0.2, -0.15) is 0 Å². The molecule has 1 aliphatic carbocycles. The van der Waals surface area contributed by atoms with Crippen LogP contribution in [-0.4, -0.2) is 6.54 Å². The van der Waals surface area contributed by atoms with E-state index in [9.17, 15) is 0 Å². The highest BCUT2D eigenvalue weighted by atomic mass is 14.5. The van der Waals surface area contributed by atoms with E-state index in [-0.39, 0.29) is 0 Å². The van der Waals surface area contributed by atoms with Crippen LogP contribution in [0.15, 0.2) is 0 Å². The molecule has 2 N–H and O–H groups in total. The Morgan fingerprint density at radius 1 is 1.56 bits per heavy atom. The normalized spacial score (nSPS) is 23.3. The molecule has 0 bridgehead atoms. The zero-order valence-electron chi connectivity index (χ0n) is 6.27. The largest absolute Gasteiger partial charge is 0.330 e. The van der Waals surface area contributed by atoms with Gasteiger partial charge in [-0.15, -0.1) is 0 Å². The summed E-state index contributed by atoms with van der Waals surface area (Å²) >= 11 is 0. The zero-order chi connectivity index (χ0) is 6.69. The topological polar surface area (TPSA) is 26.0 Å². The van der Waals surface area contributed by atoms with Gasteiger partial charge in [0.25, 0.3) is 0 Å². The summed E-state index contributed by atoms with van der Waals surface area (Å²) in [7, 11) is 0. The Bertz CT molecular complexity index is 73.9. The molecule has 1 rings (SSSR count). The Labute approximate surface area is 57.6 Å². The highest BCUT2D eigenvalue weighted by molar-refractivity contribution is 4.71. The Balaban J connectivity index is 2.01. The Hall–Kier alpha value is -0.0400. The molecule has 0 amide bonds.